The van der Waals surface area contributed by atoms with Crippen molar-refractivity contribution in [3.63, 3.8) is 0 Å². The van der Waals surface area contributed by atoms with Gasteiger partial charge in [0.1, 0.15) is 0 Å². The molecule has 1 heterocycles. The molecular formula is C28H40ClP. The highest BCUT2D eigenvalue weighted by Gasteiger charge is 2.30. The number of hydrogen-bond acceptors (Lipinski definition) is 0. The van der Waals surface area contributed by atoms with Gasteiger partial charge in [-0.15, -0.1) is 0 Å². The van der Waals surface area contributed by atoms with Crippen LogP contribution in [0, 0.1) is 0 Å². The smallest absolute Gasteiger partial charge is 0.0208 e. The molecule has 0 aliphatic rings. The number of benzene rings is 2. The summed E-state index contributed by atoms with van der Waals surface area (Å²) < 4.78 is 0. The van der Waals surface area contributed by atoms with Crippen LogP contribution in [0.1, 0.15) is 105 Å². The molecule has 2 heteroatoms. The van der Waals surface area contributed by atoms with Gasteiger partial charge >= 0.3 is 0 Å². The maximum atomic E-state index is 7.39. The normalized spacial score (nSPS) is 14.2. The molecule has 3 aromatic rings. The van der Waals surface area contributed by atoms with Crippen molar-refractivity contribution in [1.29, 1.82) is 0 Å². The maximum Gasteiger partial charge on any atom is 0.0208 e. The van der Waals surface area contributed by atoms with Gasteiger partial charge in [-0.1, -0.05) is 106 Å². The predicted molar refractivity (Wildman–Crippen MR) is 140 cm³/mol. The first kappa shape index (κ1) is 23.7. The van der Waals surface area contributed by atoms with Crippen LogP contribution in [-0.2, 0) is 21.7 Å². The summed E-state index contributed by atoms with van der Waals surface area (Å²) in [7, 11) is 0. The highest BCUT2D eigenvalue weighted by molar-refractivity contribution is 7.85. The summed E-state index contributed by atoms with van der Waals surface area (Å²) in [4.78, 5) is 0. The molecule has 30 heavy (non-hydrogen) atoms. The lowest BCUT2D eigenvalue weighted by Crippen LogP contribution is -2.16. The Morgan fingerprint density at radius 1 is 0.500 bits per heavy atom. The van der Waals surface area contributed by atoms with E-state index in [1.165, 1.54) is 43.3 Å². The lowest BCUT2D eigenvalue weighted by molar-refractivity contribution is 0.572. The van der Waals surface area contributed by atoms with E-state index in [1.54, 1.807) is 0 Å². The molecule has 164 valence electrons. The Bertz CT molecular complexity index is 1030. The van der Waals surface area contributed by atoms with Crippen molar-refractivity contribution in [2.24, 2.45) is 0 Å². The van der Waals surface area contributed by atoms with Crippen LogP contribution in [-0.4, -0.2) is 0 Å². The third-order valence-electron chi connectivity index (χ3n) is 6.25. The van der Waals surface area contributed by atoms with E-state index < -0.39 is 6.89 Å². The topological polar surface area (TPSA) is 0 Å². The van der Waals surface area contributed by atoms with Gasteiger partial charge in [-0.2, -0.15) is 0 Å². The molecule has 1 aromatic heterocycles. The Morgan fingerprint density at radius 3 is 1.03 bits per heavy atom. The summed E-state index contributed by atoms with van der Waals surface area (Å²) >= 11 is 7.39. The fraction of sp³-hybridized carbons (Fsp3) is 0.571. The minimum absolute atomic E-state index is 0.0532. The van der Waals surface area contributed by atoms with Gasteiger partial charge in [-0.05, 0) is 73.7 Å². The lowest BCUT2D eigenvalue weighted by atomic mass is 9.78. The van der Waals surface area contributed by atoms with Crippen molar-refractivity contribution >= 4 is 39.1 Å². The molecule has 0 saturated carbocycles. The summed E-state index contributed by atoms with van der Waals surface area (Å²) in [6, 6.07) is 9.74. The van der Waals surface area contributed by atoms with Crippen molar-refractivity contribution < 1.29 is 0 Å². The summed E-state index contributed by atoms with van der Waals surface area (Å²) in [6.45, 7) is 26.9. The van der Waals surface area contributed by atoms with Crippen LogP contribution >= 0.6 is 18.1 Å². The summed E-state index contributed by atoms with van der Waals surface area (Å²) in [5, 5.41) is 5.53. The standard InChI is InChI=1S/C28H40ClP/c1-25(2,3)17-13-19-20-14-18(26(4,5)6)16-22(28(10,11)12)24(20)30(29)23(19)21(15-17)27(7,8)9/h13-16H,1-12H3. The highest BCUT2D eigenvalue weighted by Crippen LogP contribution is 2.58. The molecule has 0 atom stereocenters. The molecule has 0 fully saturated rings. The van der Waals surface area contributed by atoms with Crippen molar-refractivity contribution in [1.82, 2.24) is 0 Å². The molecule has 2 aromatic carbocycles. The summed E-state index contributed by atoms with van der Waals surface area (Å²) in [5.41, 5.74) is 5.94. The third-order valence-corrected chi connectivity index (χ3v) is 9.01. The molecule has 0 amide bonds. The minimum atomic E-state index is -0.891. The first-order chi connectivity index (χ1) is 13.3. The second-order valence-corrected chi connectivity index (χ2v) is 15.6. The Balaban J connectivity index is 2.66. The van der Waals surface area contributed by atoms with Gasteiger partial charge < -0.3 is 0 Å². The zero-order valence-corrected chi connectivity index (χ0v) is 22.8. The fourth-order valence-corrected chi connectivity index (χ4v) is 7.56. The van der Waals surface area contributed by atoms with Gasteiger partial charge in [0.05, 0.1) is 0 Å². The van der Waals surface area contributed by atoms with E-state index in [9.17, 15) is 0 Å². The molecule has 0 bridgehead atoms. The van der Waals surface area contributed by atoms with E-state index in [0.29, 0.717) is 0 Å². The Labute approximate surface area is 190 Å². The van der Waals surface area contributed by atoms with E-state index in [1.807, 2.05) is 0 Å². The molecule has 0 saturated heterocycles. The molecule has 0 N–H and O–H groups in total. The van der Waals surface area contributed by atoms with Crippen LogP contribution in [0.15, 0.2) is 24.3 Å². The van der Waals surface area contributed by atoms with Gasteiger partial charge in [0.25, 0.3) is 0 Å². The number of fused-ring (bicyclic) bond motifs is 3. The Kier molecular flexibility index (Phi) is 5.54. The van der Waals surface area contributed by atoms with Crippen molar-refractivity contribution in [3.8, 4) is 0 Å². The molecular weight excluding hydrogens is 403 g/mol. The molecule has 0 aliphatic carbocycles. The summed E-state index contributed by atoms with van der Waals surface area (Å²) in [6.07, 6.45) is 0. The third kappa shape index (κ3) is 4.08. The zero-order valence-electron chi connectivity index (χ0n) is 21.1. The van der Waals surface area contributed by atoms with Crippen LogP contribution in [0.4, 0.5) is 0 Å². The molecule has 0 nitrogen and oxygen atoms in total. The van der Waals surface area contributed by atoms with Crippen LogP contribution in [0.2, 0.25) is 0 Å². The van der Waals surface area contributed by atoms with Crippen molar-refractivity contribution in [2.75, 3.05) is 0 Å². The highest BCUT2D eigenvalue weighted by atomic mass is 35.7. The average Bonchev–Trinajstić information content (AvgIpc) is 2.83. The van der Waals surface area contributed by atoms with Gasteiger partial charge in [0.15, 0.2) is 0 Å². The Hall–Kier alpha value is -0.970. The fourth-order valence-electron chi connectivity index (χ4n) is 4.22. The van der Waals surface area contributed by atoms with Gasteiger partial charge in [-0.3, -0.25) is 0 Å². The van der Waals surface area contributed by atoms with Crippen molar-refractivity contribution in [2.45, 2.75) is 105 Å². The van der Waals surface area contributed by atoms with Gasteiger partial charge in [0, 0.05) is 10.2 Å². The SMILES string of the molecule is CC(C)(C)c1cc(C(C)(C)C)c2c(c1)c1cc(C(C)(C)C)cc(C(C)(C)C)c1p2Cl. The van der Waals surface area contributed by atoms with Crippen LogP contribution in [0.25, 0.3) is 21.0 Å². The van der Waals surface area contributed by atoms with Gasteiger partial charge in [-0.25, -0.2) is 0 Å². The van der Waals surface area contributed by atoms with Crippen molar-refractivity contribution in [3.05, 3.63) is 46.5 Å². The number of hydrogen-bond donors (Lipinski definition) is 0. The molecule has 0 aliphatic heterocycles. The predicted octanol–water partition coefficient (Wildman–Crippen LogP) is 10.2. The van der Waals surface area contributed by atoms with E-state index in [-0.39, 0.29) is 21.7 Å². The quantitative estimate of drug-likeness (QED) is 0.324. The largest absolute Gasteiger partial charge is 0.0615 e. The lowest BCUT2D eigenvalue weighted by Gasteiger charge is -2.26. The number of rotatable bonds is 0. The summed E-state index contributed by atoms with van der Waals surface area (Å²) in [5.74, 6) is 0. The Morgan fingerprint density at radius 2 is 0.800 bits per heavy atom. The van der Waals surface area contributed by atoms with Crippen LogP contribution in [0.3, 0.4) is 0 Å². The van der Waals surface area contributed by atoms with Crippen LogP contribution < -0.4 is 0 Å². The second kappa shape index (κ2) is 7.02. The molecule has 0 unspecified atom stereocenters. The first-order valence-corrected chi connectivity index (χ1v) is 13.4. The average molecular weight is 443 g/mol. The first-order valence-electron chi connectivity index (χ1n) is 11.2. The van der Waals surface area contributed by atoms with E-state index in [2.05, 4.69) is 107 Å². The zero-order chi connectivity index (χ0) is 23.0. The number of halogens is 1. The second-order valence-electron chi connectivity index (χ2n) is 13.1. The van der Waals surface area contributed by atoms with E-state index in [0.717, 1.165) is 0 Å². The molecule has 3 rings (SSSR count). The van der Waals surface area contributed by atoms with Gasteiger partial charge in [0.2, 0.25) is 0 Å². The maximum absolute atomic E-state index is 7.39. The monoisotopic (exact) mass is 442 g/mol. The van der Waals surface area contributed by atoms with Crippen LogP contribution in [0.5, 0.6) is 0 Å². The molecule has 0 spiro atoms. The van der Waals surface area contributed by atoms with E-state index in [4.69, 9.17) is 11.2 Å². The minimum Gasteiger partial charge on any atom is -0.0615 e. The molecule has 0 radical (unpaired) electrons. The van der Waals surface area contributed by atoms with E-state index >= 15 is 0 Å².